The summed E-state index contributed by atoms with van der Waals surface area (Å²) in [5.41, 5.74) is 1.79. The maximum absolute atomic E-state index is 12.8. The van der Waals surface area contributed by atoms with Crippen molar-refractivity contribution in [2.75, 3.05) is 31.1 Å². The molecule has 0 saturated carbocycles. The third kappa shape index (κ3) is 4.96. The fraction of sp³-hybridized carbons (Fsp3) is 0.471. The first-order valence-corrected chi connectivity index (χ1v) is 9.37. The van der Waals surface area contributed by atoms with E-state index in [9.17, 15) is 17.6 Å². The average molecular weight is 418 g/mol. The Balaban J connectivity index is 0.000000279. The Kier molecular flexibility index (Phi) is 5.84. The molecule has 0 aromatic carbocycles. The first-order valence-electron chi connectivity index (χ1n) is 8.43. The second-order valence-corrected chi connectivity index (χ2v) is 7.73. The standard InChI is InChI=1S/C15H17FN4S.C2HF3O2/c16-13-5-17-14(18-6-13)20-10-15(11-20)2-3-19(9-15)7-12-1-4-21-8-12;3-2(4,5)1(6)7/h1,4-6,8H,2-3,7,9-11H2;(H,6,7). The van der Waals surface area contributed by atoms with Crippen LogP contribution in [0.2, 0.25) is 0 Å². The molecular weight excluding hydrogens is 400 g/mol. The maximum atomic E-state index is 12.8. The third-order valence-corrected chi connectivity index (χ3v) is 5.42. The Bertz CT molecular complexity index is 792. The van der Waals surface area contributed by atoms with Crippen LogP contribution in [0.15, 0.2) is 29.2 Å². The molecule has 0 bridgehead atoms. The molecule has 11 heteroatoms. The number of carboxylic acids is 1. The molecule has 152 valence electrons. The number of thiophene rings is 1. The minimum absolute atomic E-state index is 0.378. The largest absolute Gasteiger partial charge is 0.490 e. The number of hydrogen-bond acceptors (Lipinski definition) is 6. The number of anilines is 1. The predicted octanol–water partition coefficient (Wildman–Crippen LogP) is 3.02. The fourth-order valence-electron chi connectivity index (χ4n) is 3.44. The van der Waals surface area contributed by atoms with Crippen molar-refractivity contribution in [3.8, 4) is 0 Å². The van der Waals surface area contributed by atoms with Crippen LogP contribution >= 0.6 is 11.3 Å². The summed E-state index contributed by atoms with van der Waals surface area (Å²) >= 11 is 1.76. The SMILES string of the molecule is Fc1cnc(N2CC3(CCN(Cc4ccsc4)C3)C2)nc1.O=C(O)C(F)(F)F. The van der Waals surface area contributed by atoms with E-state index in [1.165, 1.54) is 24.4 Å². The lowest BCUT2D eigenvalue weighted by atomic mass is 9.79. The van der Waals surface area contributed by atoms with Gasteiger partial charge in [0.2, 0.25) is 5.95 Å². The quantitative estimate of drug-likeness (QED) is 0.773. The molecule has 2 saturated heterocycles. The van der Waals surface area contributed by atoms with Gasteiger partial charge < -0.3 is 10.0 Å². The van der Waals surface area contributed by atoms with Gasteiger partial charge in [-0.1, -0.05) is 0 Å². The lowest BCUT2D eigenvalue weighted by Crippen LogP contribution is -2.58. The summed E-state index contributed by atoms with van der Waals surface area (Å²) < 4.78 is 44.6. The van der Waals surface area contributed by atoms with E-state index in [1.807, 2.05) is 0 Å². The molecule has 6 nitrogen and oxygen atoms in total. The van der Waals surface area contributed by atoms with E-state index in [0.717, 1.165) is 32.7 Å². The van der Waals surface area contributed by atoms with Crippen molar-refractivity contribution in [3.05, 3.63) is 40.6 Å². The molecular formula is C17H18F4N4O2S. The van der Waals surface area contributed by atoms with E-state index in [0.29, 0.717) is 11.4 Å². The fourth-order valence-corrected chi connectivity index (χ4v) is 4.10. The van der Waals surface area contributed by atoms with Crippen LogP contribution in [-0.2, 0) is 11.3 Å². The van der Waals surface area contributed by atoms with Gasteiger partial charge in [-0.15, -0.1) is 0 Å². The van der Waals surface area contributed by atoms with Crippen LogP contribution in [0.3, 0.4) is 0 Å². The van der Waals surface area contributed by atoms with Gasteiger partial charge >= 0.3 is 12.1 Å². The van der Waals surface area contributed by atoms with Gasteiger partial charge in [0, 0.05) is 31.6 Å². The molecule has 0 atom stereocenters. The topological polar surface area (TPSA) is 69.6 Å². The van der Waals surface area contributed by atoms with Crippen molar-refractivity contribution >= 4 is 23.3 Å². The molecule has 2 aliphatic heterocycles. The summed E-state index contributed by atoms with van der Waals surface area (Å²) in [7, 11) is 0. The summed E-state index contributed by atoms with van der Waals surface area (Å²) in [6, 6.07) is 2.20. The van der Waals surface area contributed by atoms with Crippen LogP contribution < -0.4 is 4.90 Å². The molecule has 0 unspecified atom stereocenters. The Hall–Kier alpha value is -2.27. The van der Waals surface area contributed by atoms with Crippen LogP contribution in [0.1, 0.15) is 12.0 Å². The number of likely N-dealkylation sites (tertiary alicyclic amines) is 1. The van der Waals surface area contributed by atoms with Crippen molar-refractivity contribution in [1.82, 2.24) is 14.9 Å². The number of carboxylic acid groups (broad SMARTS) is 1. The molecule has 4 rings (SSSR count). The van der Waals surface area contributed by atoms with Crippen molar-refractivity contribution < 1.29 is 27.5 Å². The van der Waals surface area contributed by atoms with Gasteiger partial charge in [0.25, 0.3) is 0 Å². The van der Waals surface area contributed by atoms with Crippen molar-refractivity contribution in [2.45, 2.75) is 19.1 Å². The molecule has 1 spiro atoms. The summed E-state index contributed by atoms with van der Waals surface area (Å²) in [4.78, 5) is 21.7. The highest BCUT2D eigenvalue weighted by molar-refractivity contribution is 7.07. The molecule has 0 aliphatic carbocycles. The van der Waals surface area contributed by atoms with Crippen molar-refractivity contribution in [1.29, 1.82) is 0 Å². The smallest absolute Gasteiger partial charge is 0.475 e. The molecule has 2 aromatic rings. The molecule has 28 heavy (non-hydrogen) atoms. The third-order valence-electron chi connectivity index (χ3n) is 4.69. The number of alkyl halides is 3. The molecule has 2 aliphatic rings. The summed E-state index contributed by atoms with van der Waals surface area (Å²) in [6.45, 7) is 5.32. The molecule has 1 N–H and O–H groups in total. The second kappa shape index (κ2) is 8.00. The molecule has 4 heterocycles. The molecule has 0 radical (unpaired) electrons. The van der Waals surface area contributed by atoms with Crippen LogP contribution in [0.4, 0.5) is 23.5 Å². The lowest BCUT2D eigenvalue weighted by Gasteiger charge is -2.48. The first kappa shape index (κ1) is 20.5. The minimum atomic E-state index is -5.08. The molecule has 2 aromatic heterocycles. The molecule has 2 fully saturated rings. The van der Waals surface area contributed by atoms with E-state index < -0.39 is 12.1 Å². The number of aromatic nitrogens is 2. The summed E-state index contributed by atoms with van der Waals surface area (Å²) in [5, 5.41) is 11.5. The van der Waals surface area contributed by atoms with Gasteiger partial charge in [0.05, 0.1) is 12.4 Å². The van der Waals surface area contributed by atoms with E-state index in [1.54, 1.807) is 11.3 Å². The lowest BCUT2D eigenvalue weighted by molar-refractivity contribution is -0.192. The number of halogens is 4. The monoisotopic (exact) mass is 418 g/mol. The Morgan fingerprint density at radius 1 is 1.25 bits per heavy atom. The average Bonchev–Trinajstić information content (AvgIpc) is 3.24. The van der Waals surface area contributed by atoms with Gasteiger partial charge in [-0.05, 0) is 35.4 Å². The van der Waals surface area contributed by atoms with E-state index in [-0.39, 0.29) is 5.82 Å². The van der Waals surface area contributed by atoms with E-state index >= 15 is 0 Å². The normalized spacial score (nSPS) is 18.5. The first-order chi connectivity index (χ1) is 13.2. The highest BCUT2D eigenvalue weighted by Gasteiger charge is 2.48. The maximum Gasteiger partial charge on any atom is 0.490 e. The zero-order valence-electron chi connectivity index (χ0n) is 14.7. The minimum Gasteiger partial charge on any atom is -0.475 e. The van der Waals surface area contributed by atoms with Crippen molar-refractivity contribution in [3.63, 3.8) is 0 Å². The van der Waals surface area contributed by atoms with Crippen molar-refractivity contribution in [2.24, 2.45) is 5.41 Å². The number of hydrogen-bond donors (Lipinski definition) is 1. The van der Waals surface area contributed by atoms with Crippen LogP contribution in [0.25, 0.3) is 0 Å². The Morgan fingerprint density at radius 3 is 2.43 bits per heavy atom. The van der Waals surface area contributed by atoms with Gasteiger partial charge in [-0.2, -0.15) is 24.5 Å². The van der Waals surface area contributed by atoms with E-state index in [2.05, 4.69) is 36.6 Å². The number of carbonyl (C=O) groups is 1. The number of rotatable bonds is 3. The highest BCUT2D eigenvalue weighted by Crippen LogP contribution is 2.41. The second-order valence-electron chi connectivity index (χ2n) is 6.95. The summed E-state index contributed by atoms with van der Waals surface area (Å²) in [5.74, 6) is -2.48. The van der Waals surface area contributed by atoms with Gasteiger partial charge in [-0.25, -0.2) is 19.2 Å². The Labute approximate surface area is 162 Å². The Morgan fingerprint density at radius 2 is 1.89 bits per heavy atom. The number of nitrogens with zero attached hydrogens (tertiary/aromatic N) is 4. The molecule has 0 amide bonds. The van der Waals surface area contributed by atoms with Gasteiger partial charge in [0.1, 0.15) is 0 Å². The number of aliphatic carboxylic acids is 1. The van der Waals surface area contributed by atoms with Gasteiger partial charge in [0.15, 0.2) is 5.82 Å². The predicted molar refractivity (Wildman–Crippen MR) is 94.5 cm³/mol. The van der Waals surface area contributed by atoms with Crippen LogP contribution in [0, 0.1) is 11.2 Å². The summed E-state index contributed by atoms with van der Waals surface area (Å²) in [6.07, 6.45) is -1.37. The van der Waals surface area contributed by atoms with Crippen LogP contribution in [-0.4, -0.2) is 58.3 Å². The van der Waals surface area contributed by atoms with Crippen LogP contribution in [0.5, 0.6) is 0 Å². The zero-order valence-corrected chi connectivity index (χ0v) is 15.5. The highest BCUT2D eigenvalue weighted by atomic mass is 32.1. The van der Waals surface area contributed by atoms with Gasteiger partial charge in [-0.3, -0.25) is 4.90 Å². The van der Waals surface area contributed by atoms with E-state index in [4.69, 9.17) is 9.90 Å². The zero-order chi connectivity index (χ0) is 20.4.